The highest BCUT2D eigenvalue weighted by Gasteiger charge is 2.26. The molecule has 5 heteroatoms. The number of hydrogen-bond donors (Lipinski definition) is 1. The van der Waals surface area contributed by atoms with Crippen LogP contribution < -0.4 is 4.90 Å². The maximum Gasteiger partial charge on any atom is 0.339 e. The van der Waals surface area contributed by atoms with Gasteiger partial charge in [-0.05, 0) is 35.7 Å². The summed E-state index contributed by atoms with van der Waals surface area (Å²) in [6.45, 7) is 3.29. The lowest BCUT2D eigenvalue weighted by Gasteiger charge is -2.22. The van der Waals surface area contributed by atoms with Crippen LogP contribution in [-0.2, 0) is 13.1 Å². The fourth-order valence-corrected chi connectivity index (χ4v) is 3.51. The minimum absolute atomic E-state index is 0.219. The van der Waals surface area contributed by atoms with Gasteiger partial charge in [-0.25, -0.2) is 4.79 Å². The van der Waals surface area contributed by atoms with Crippen molar-refractivity contribution in [1.82, 2.24) is 4.98 Å². The first-order valence-corrected chi connectivity index (χ1v) is 8.07. The lowest BCUT2D eigenvalue weighted by molar-refractivity contribution is 0.0697. The van der Waals surface area contributed by atoms with Crippen LogP contribution in [0.1, 0.15) is 27.0 Å². The van der Waals surface area contributed by atoms with E-state index in [1.165, 1.54) is 17.3 Å². The van der Waals surface area contributed by atoms with Crippen LogP contribution in [0.25, 0.3) is 10.9 Å². The molecule has 0 saturated carbocycles. The van der Waals surface area contributed by atoms with E-state index in [0.717, 1.165) is 16.5 Å². The maximum absolute atomic E-state index is 11.8. The van der Waals surface area contributed by atoms with Crippen molar-refractivity contribution in [3.05, 3.63) is 69.9 Å². The molecule has 0 atom stereocenters. The molecule has 1 N–H and O–H groups in total. The minimum atomic E-state index is -0.969. The molecule has 4 rings (SSSR count). The van der Waals surface area contributed by atoms with Gasteiger partial charge in [0.25, 0.3) is 0 Å². The minimum Gasteiger partial charge on any atom is -0.478 e. The van der Waals surface area contributed by atoms with Crippen LogP contribution in [-0.4, -0.2) is 16.1 Å². The number of fused-ring (bicyclic) bond motifs is 2. The third-order valence-corrected chi connectivity index (χ3v) is 4.99. The maximum atomic E-state index is 11.8. The van der Waals surface area contributed by atoms with E-state index in [0.29, 0.717) is 23.8 Å². The molecule has 0 aliphatic carbocycles. The van der Waals surface area contributed by atoms with Crippen molar-refractivity contribution in [1.29, 1.82) is 0 Å². The van der Waals surface area contributed by atoms with Crippen LogP contribution >= 0.6 is 11.6 Å². The Morgan fingerprint density at radius 3 is 2.46 bits per heavy atom. The standard InChI is InChI=1S/C19H15ClN2O2/c1-11-16(20)7-6-14-17(11)21-8-15(19(23)24)18(14)22-9-12-4-2-3-5-13(12)10-22/h2-8H,9-10H2,1H3,(H,23,24). The van der Waals surface area contributed by atoms with Crippen molar-refractivity contribution in [3.63, 3.8) is 0 Å². The summed E-state index contributed by atoms with van der Waals surface area (Å²) in [5.41, 5.74) is 5.00. The van der Waals surface area contributed by atoms with Gasteiger partial charge in [0.05, 0.1) is 11.2 Å². The SMILES string of the molecule is Cc1c(Cl)ccc2c(N3Cc4ccccc4C3)c(C(=O)O)cnc12. The molecule has 0 spiro atoms. The van der Waals surface area contributed by atoms with E-state index in [9.17, 15) is 9.90 Å². The van der Waals surface area contributed by atoms with Crippen LogP contribution in [0.2, 0.25) is 5.02 Å². The molecule has 1 aliphatic rings. The monoisotopic (exact) mass is 338 g/mol. The first kappa shape index (κ1) is 15.0. The second kappa shape index (κ2) is 5.49. The Hall–Kier alpha value is -2.59. The molecule has 120 valence electrons. The first-order valence-electron chi connectivity index (χ1n) is 7.69. The molecule has 2 heterocycles. The van der Waals surface area contributed by atoms with Crippen LogP contribution in [0.5, 0.6) is 0 Å². The number of nitrogens with zero attached hydrogens (tertiary/aromatic N) is 2. The Kier molecular flexibility index (Phi) is 3.43. The van der Waals surface area contributed by atoms with E-state index in [4.69, 9.17) is 11.6 Å². The average molecular weight is 339 g/mol. The number of carboxylic acid groups (broad SMARTS) is 1. The molecule has 2 aromatic carbocycles. The number of aryl methyl sites for hydroxylation is 1. The third kappa shape index (κ3) is 2.22. The normalized spacial score (nSPS) is 13.3. The van der Waals surface area contributed by atoms with Crippen LogP contribution in [0.3, 0.4) is 0 Å². The first-order chi connectivity index (χ1) is 11.6. The fraction of sp³-hybridized carbons (Fsp3) is 0.158. The lowest BCUT2D eigenvalue weighted by atomic mass is 10.0. The van der Waals surface area contributed by atoms with Crippen LogP contribution in [0, 0.1) is 6.92 Å². The van der Waals surface area contributed by atoms with Crippen molar-refractivity contribution in [2.75, 3.05) is 4.90 Å². The number of aromatic carboxylic acids is 1. The molecule has 4 nitrogen and oxygen atoms in total. The summed E-state index contributed by atoms with van der Waals surface area (Å²) in [5, 5.41) is 11.1. The van der Waals surface area contributed by atoms with E-state index in [1.807, 2.05) is 25.1 Å². The van der Waals surface area contributed by atoms with Crippen molar-refractivity contribution >= 4 is 34.2 Å². The second-order valence-electron chi connectivity index (χ2n) is 6.02. The molecule has 1 aliphatic heterocycles. The Morgan fingerprint density at radius 2 is 1.83 bits per heavy atom. The zero-order valence-electron chi connectivity index (χ0n) is 13.1. The van der Waals surface area contributed by atoms with Gasteiger partial charge in [-0.1, -0.05) is 35.9 Å². The summed E-state index contributed by atoms with van der Waals surface area (Å²) in [5.74, 6) is -0.969. The molecular weight excluding hydrogens is 324 g/mol. The number of hydrogen-bond acceptors (Lipinski definition) is 3. The summed E-state index contributed by atoms with van der Waals surface area (Å²) in [6, 6.07) is 11.9. The summed E-state index contributed by atoms with van der Waals surface area (Å²) in [4.78, 5) is 18.2. The number of benzene rings is 2. The number of halogens is 1. The number of anilines is 1. The molecule has 0 bridgehead atoms. The van der Waals surface area contributed by atoms with Gasteiger partial charge in [0.2, 0.25) is 0 Å². The van der Waals surface area contributed by atoms with Gasteiger partial charge in [0.1, 0.15) is 5.56 Å². The Labute approximate surface area is 144 Å². The highest BCUT2D eigenvalue weighted by atomic mass is 35.5. The predicted octanol–water partition coefficient (Wildman–Crippen LogP) is 4.42. The smallest absolute Gasteiger partial charge is 0.339 e. The fourth-order valence-electron chi connectivity index (χ4n) is 3.36. The summed E-state index contributed by atoms with van der Waals surface area (Å²) in [6.07, 6.45) is 1.44. The Bertz CT molecular complexity index is 960. The molecule has 0 radical (unpaired) electrons. The van der Waals surface area contributed by atoms with Crippen molar-refractivity contribution < 1.29 is 9.90 Å². The molecule has 0 unspecified atom stereocenters. The van der Waals surface area contributed by atoms with E-state index < -0.39 is 5.97 Å². The zero-order valence-corrected chi connectivity index (χ0v) is 13.8. The van der Waals surface area contributed by atoms with E-state index in [1.54, 1.807) is 6.07 Å². The Balaban J connectivity index is 1.95. The van der Waals surface area contributed by atoms with Crippen LogP contribution in [0.4, 0.5) is 5.69 Å². The number of pyridine rings is 1. The van der Waals surface area contributed by atoms with Gasteiger partial charge in [-0.2, -0.15) is 0 Å². The molecule has 1 aromatic heterocycles. The zero-order chi connectivity index (χ0) is 16.8. The topological polar surface area (TPSA) is 53.4 Å². The van der Waals surface area contributed by atoms with Gasteiger partial charge >= 0.3 is 5.97 Å². The quantitative estimate of drug-likeness (QED) is 0.751. The summed E-state index contributed by atoms with van der Waals surface area (Å²) >= 11 is 6.21. The van der Waals surface area contributed by atoms with Gasteiger partial charge in [0, 0.05) is 29.7 Å². The van der Waals surface area contributed by atoms with E-state index in [2.05, 4.69) is 22.0 Å². The molecule has 0 amide bonds. The van der Waals surface area contributed by atoms with Crippen molar-refractivity contribution in [2.45, 2.75) is 20.0 Å². The highest BCUT2D eigenvalue weighted by Crippen LogP contribution is 2.37. The highest BCUT2D eigenvalue weighted by molar-refractivity contribution is 6.32. The van der Waals surface area contributed by atoms with E-state index >= 15 is 0 Å². The lowest BCUT2D eigenvalue weighted by Crippen LogP contribution is -2.19. The summed E-state index contributed by atoms with van der Waals surface area (Å²) in [7, 11) is 0. The van der Waals surface area contributed by atoms with Crippen molar-refractivity contribution in [2.24, 2.45) is 0 Å². The molecular formula is C19H15ClN2O2. The number of carbonyl (C=O) groups is 1. The number of rotatable bonds is 2. The largest absolute Gasteiger partial charge is 0.478 e. The molecule has 24 heavy (non-hydrogen) atoms. The number of aromatic nitrogens is 1. The van der Waals surface area contributed by atoms with Crippen molar-refractivity contribution in [3.8, 4) is 0 Å². The van der Waals surface area contributed by atoms with Gasteiger partial charge in [0.15, 0.2) is 0 Å². The third-order valence-electron chi connectivity index (χ3n) is 4.59. The summed E-state index contributed by atoms with van der Waals surface area (Å²) < 4.78 is 0. The Morgan fingerprint density at radius 1 is 1.17 bits per heavy atom. The number of carboxylic acids is 1. The predicted molar refractivity (Wildman–Crippen MR) is 94.8 cm³/mol. The van der Waals surface area contributed by atoms with Gasteiger partial charge in [-0.15, -0.1) is 0 Å². The van der Waals surface area contributed by atoms with Crippen LogP contribution in [0.15, 0.2) is 42.6 Å². The molecule has 3 aromatic rings. The second-order valence-corrected chi connectivity index (χ2v) is 6.43. The molecule has 0 fully saturated rings. The average Bonchev–Trinajstić information content (AvgIpc) is 3.00. The van der Waals surface area contributed by atoms with Gasteiger partial charge < -0.3 is 10.0 Å². The van der Waals surface area contributed by atoms with Gasteiger partial charge in [-0.3, -0.25) is 4.98 Å². The molecule has 0 saturated heterocycles. The van der Waals surface area contributed by atoms with E-state index in [-0.39, 0.29) is 5.56 Å².